The van der Waals surface area contributed by atoms with Gasteiger partial charge >= 0.3 is 0 Å². The lowest BCUT2D eigenvalue weighted by Gasteiger charge is -2.03. The van der Waals surface area contributed by atoms with Gasteiger partial charge in [0.25, 0.3) is 0 Å². The molecular weight excluding hydrogens is 154 g/mol. The largest absolute Gasteiger partial charge is 0.256 e. The first-order valence-electron chi connectivity index (χ1n) is 3.41. The van der Waals surface area contributed by atoms with Gasteiger partial charge in [-0.2, -0.15) is 0 Å². The molecule has 1 nitrogen and oxygen atoms in total. The molecule has 0 aromatic carbocycles. The van der Waals surface area contributed by atoms with Crippen LogP contribution in [0.15, 0.2) is 23.7 Å². The van der Waals surface area contributed by atoms with Crippen LogP contribution in [0.3, 0.4) is 0 Å². The van der Waals surface area contributed by atoms with Crippen molar-refractivity contribution < 1.29 is 0 Å². The Hall–Kier alpha value is -0.760. The number of rotatable bonds is 2. The normalized spacial score (nSPS) is 9.64. The standard InChI is InChI=1S/C9H11NS/c1-4-8-9(11-3)7(2)5-6-10-8/h4-6H,1H2,2-3H3. The van der Waals surface area contributed by atoms with E-state index in [2.05, 4.69) is 24.7 Å². The first kappa shape index (κ1) is 8.34. The van der Waals surface area contributed by atoms with Gasteiger partial charge < -0.3 is 0 Å². The summed E-state index contributed by atoms with van der Waals surface area (Å²) in [5.41, 5.74) is 2.25. The molecule has 0 radical (unpaired) electrons. The number of aromatic nitrogens is 1. The summed E-state index contributed by atoms with van der Waals surface area (Å²) in [5, 5.41) is 0. The van der Waals surface area contributed by atoms with E-state index in [1.165, 1.54) is 10.5 Å². The number of thioether (sulfide) groups is 1. The highest BCUT2D eigenvalue weighted by Crippen LogP contribution is 2.22. The maximum absolute atomic E-state index is 4.19. The summed E-state index contributed by atoms with van der Waals surface area (Å²) in [5.74, 6) is 0. The van der Waals surface area contributed by atoms with Crippen LogP contribution < -0.4 is 0 Å². The predicted molar refractivity (Wildman–Crippen MR) is 50.8 cm³/mol. The average molecular weight is 165 g/mol. The number of nitrogens with zero attached hydrogens (tertiary/aromatic N) is 1. The molecule has 2 heteroatoms. The van der Waals surface area contributed by atoms with Crippen LogP contribution in [0.4, 0.5) is 0 Å². The molecule has 0 bridgehead atoms. The van der Waals surface area contributed by atoms with Gasteiger partial charge in [-0.3, -0.25) is 4.98 Å². The Labute approximate surface area is 71.5 Å². The molecule has 0 fully saturated rings. The fourth-order valence-corrected chi connectivity index (χ4v) is 1.71. The zero-order chi connectivity index (χ0) is 8.27. The molecule has 1 heterocycles. The van der Waals surface area contributed by atoms with E-state index in [0.717, 1.165) is 5.69 Å². The second kappa shape index (κ2) is 3.58. The molecular formula is C9H11NS. The van der Waals surface area contributed by atoms with Crippen molar-refractivity contribution >= 4 is 17.8 Å². The second-order valence-electron chi connectivity index (χ2n) is 2.25. The van der Waals surface area contributed by atoms with Gasteiger partial charge in [-0.15, -0.1) is 11.8 Å². The molecule has 0 aliphatic carbocycles. The van der Waals surface area contributed by atoms with Crippen LogP contribution in [0.5, 0.6) is 0 Å². The van der Waals surface area contributed by atoms with Crippen molar-refractivity contribution in [3.8, 4) is 0 Å². The van der Waals surface area contributed by atoms with Gasteiger partial charge in [-0.1, -0.05) is 6.58 Å². The van der Waals surface area contributed by atoms with Crippen molar-refractivity contribution in [2.75, 3.05) is 6.26 Å². The SMILES string of the molecule is C=Cc1nccc(C)c1SC. The fourth-order valence-electron chi connectivity index (χ4n) is 0.977. The predicted octanol–water partition coefficient (Wildman–Crippen LogP) is 2.75. The zero-order valence-electron chi connectivity index (χ0n) is 6.79. The van der Waals surface area contributed by atoms with Crippen molar-refractivity contribution in [1.82, 2.24) is 4.98 Å². The van der Waals surface area contributed by atoms with Gasteiger partial charge in [-0.25, -0.2) is 0 Å². The van der Waals surface area contributed by atoms with Crippen LogP contribution in [0.2, 0.25) is 0 Å². The molecule has 11 heavy (non-hydrogen) atoms. The Balaban J connectivity index is 3.23. The number of hydrogen-bond donors (Lipinski definition) is 0. The third-order valence-electron chi connectivity index (χ3n) is 1.53. The van der Waals surface area contributed by atoms with Gasteiger partial charge in [0.2, 0.25) is 0 Å². The first-order chi connectivity index (χ1) is 5.29. The minimum Gasteiger partial charge on any atom is -0.256 e. The zero-order valence-corrected chi connectivity index (χ0v) is 7.61. The molecule has 0 spiro atoms. The van der Waals surface area contributed by atoms with Crippen LogP contribution in [-0.2, 0) is 0 Å². The summed E-state index contributed by atoms with van der Waals surface area (Å²) in [4.78, 5) is 5.41. The topological polar surface area (TPSA) is 12.9 Å². The lowest BCUT2D eigenvalue weighted by molar-refractivity contribution is 1.15. The molecule has 1 aromatic heterocycles. The summed E-state index contributed by atoms with van der Waals surface area (Å²) < 4.78 is 0. The van der Waals surface area contributed by atoms with E-state index in [1.807, 2.05) is 12.3 Å². The van der Waals surface area contributed by atoms with Gasteiger partial charge in [0.15, 0.2) is 0 Å². The van der Waals surface area contributed by atoms with Gasteiger partial charge in [-0.05, 0) is 30.9 Å². The van der Waals surface area contributed by atoms with E-state index >= 15 is 0 Å². The van der Waals surface area contributed by atoms with Crippen LogP contribution >= 0.6 is 11.8 Å². The Bertz CT molecular complexity index is 268. The lowest BCUT2D eigenvalue weighted by atomic mass is 10.2. The third kappa shape index (κ3) is 1.63. The van der Waals surface area contributed by atoms with Crippen LogP contribution in [0.25, 0.3) is 6.08 Å². The molecule has 0 unspecified atom stereocenters. The van der Waals surface area contributed by atoms with Gasteiger partial charge in [0.05, 0.1) is 5.69 Å². The fraction of sp³-hybridized carbons (Fsp3) is 0.222. The highest BCUT2D eigenvalue weighted by molar-refractivity contribution is 7.98. The van der Waals surface area contributed by atoms with Crippen LogP contribution in [0, 0.1) is 6.92 Å². The minimum atomic E-state index is 0.984. The molecule has 0 N–H and O–H groups in total. The highest BCUT2D eigenvalue weighted by atomic mass is 32.2. The summed E-state index contributed by atoms with van der Waals surface area (Å²) in [6, 6.07) is 2.01. The van der Waals surface area contributed by atoms with Crippen LogP contribution in [0.1, 0.15) is 11.3 Å². The lowest BCUT2D eigenvalue weighted by Crippen LogP contribution is -1.87. The van der Waals surface area contributed by atoms with Crippen LogP contribution in [-0.4, -0.2) is 11.2 Å². The van der Waals surface area contributed by atoms with Crippen molar-refractivity contribution in [1.29, 1.82) is 0 Å². The Morgan fingerprint density at radius 1 is 1.64 bits per heavy atom. The monoisotopic (exact) mass is 165 g/mol. The maximum Gasteiger partial charge on any atom is 0.0762 e. The Morgan fingerprint density at radius 3 is 2.82 bits per heavy atom. The summed E-state index contributed by atoms with van der Waals surface area (Å²) >= 11 is 1.71. The van der Waals surface area contributed by atoms with Gasteiger partial charge in [0.1, 0.15) is 0 Å². The number of pyridine rings is 1. The van der Waals surface area contributed by atoms with E-state index in [4.69, 9.17) is 0 Å². The molecule has 0 saturated heterocycles. The quantitative estimate of drug-likeness (QED) is 0.625. The van der Waals surface area contributed by atoms with E-state index in [1.54, 1.807) is 17.8 Å². The molecule has 0 atom stereocenters. The van der Waals surface area contributed by atoms with Crippen molar-refractivity contribution in [3.63, 3.8) is 0 Å². The number of hydrogen-bond acceptors (Lipinski definition) is 2. The van der Waals surface area contributed by atoms with E-state index in [9.17, 15) is 0 Å². The van der Waals surface area contributed by atoms with E-state index in [0.29, 0.717) is 0 Å². The summed E-state index contributed by atoms with van der Waals surface area (Å²) in [6.45, 7) is 5.79. The smallest absolute Gasteiger partial charge is 0.0762 e. The Kier molecular flexibility index (Phi) is 2.71. The second-order valence-corrected chi connectivity index (χ2v) is 3.07. The van der Waals surface area contributed by atoms with Crippen molar-refractivity contribution in [2.45, 2.75) is 11.8 Å². The molecule has 0 aliphatic heterocycles. The van der Waals surface area contributed by atoms with Gasteiger partial charge in [0, 0.05) is 11.1 Å². The molecule has 0 saturated carbocycles. The van der Waals surface area contributed by atoms with E-state index in [-0.39, 0.29) is 0 Å². The highest BCUT2D eigenvalue weighted by Gasteiger charge is 2.00. The first-order valence-corrected chi connectivity index (χ1v) is 4.64. The minimum absolute atomic E-state index is 0.984. The molecule has 58 valence electrons. The molecule has 0 aliphatic rings. The average Bonchev–Trinajstić information content (AvgIpc) is 2.04. The number of aryl methyl sites for hydroxylation is 1. The molecule has 1 rings (SSSR count). The third-order valence-corrected chi connectivity index (χ3v) is 2.47. The van der Waals surface area contributed by atoms with Crippen molar-refractivity contribution in [3.05, 3.63) is 30.1 Å². The van der Waals surface area contributed by atoms with E-state index < -0.39 is 0 Å². The summed E-state index contributed by atoms with van der Waals surface area (Å²) in [6.07, 6.45) is 5.65. The maximum atomic E-state index is 4.19. The molecule has 1 aromatic rings. The van der Waals surface area contributed by atoms with Crippen molar-refractivity contribution in [2.24, 2.45) is 0 Å². The Morgan fingerprint density at radius 2 is 2.36 bits per heavy atom. The molecule has 0 amide bonds. The summed E-state index contributed by atoms with van der Waals surface area (Å²) in [7, 11) is 0.